The lowest BCUT2D eigenvalue weighted by Gasteiger charge is -1.95. The largest absolute Gasteiger partial charge is 0.0622 e. The van der Waals surface area contributed by atoms with Gasteiger partial charge in [0.05, 0.1) is 0 Å². The Morgan fingerprint density at radius 3 is 0.133 bits per heavy atom. The molecular weight excluding hydrogens is 1800 g/mol. The first-order chi connectivity index (χ1) is 74.1. The van der Waals surface area contributed by atoms with Gasteiger partial charge >= 0.3 is 0 Å². The van der Waals surface area contributed by atoms with Crippen molar-refractivity contribution < 1.29 is 0 Å². The van der Waals surface area contributed by atoms with E-state index >= 15 is 0 Å². The van der Waals surface area contributed by atoms with Crippen molar-refractivity contribution in [3.05, 3.63) is 673 Å². The molecule has 0 amide bonds. The molecule has 0 atom stereocenters. The van der Waals surface area contributed by atoms with E-state index in [1.165, 1.54) is 0 Å². The maximum absolute atomic E-state index is 3.28. The molecule has 19 aromatic carbocycles. The van der Waals surface area contributed by atoms with Gasteiger partial charge in [0, 0.05) is 200 Å². The molecule has 0 saturated carbocycles. The summed E-state index contributed by atoms with van der Waals surface area (Å²) in [6, 6.07) is 156. The lowest BCUT2D eigenvalue weighted by Crippen LogP contribution is -1.82. The minimum atomic E-state index is 0.899. The lowest BCUT2D eigenvalue weighted by atomic mass is 10.1. The summed E-state index contributed by atoms with van der Waals surface area (Å²) >= 11 is 0. The number of hydrogen-bond donors (Lipinski definition) is 0. The van der Waals surface area contributed by atoms with Crippen LogP contribution in [0.25, 0.3) is 0 Å². The van der Waals surface area contributed by atoms with E-state index < -0.39 is 0 Å². The average molecular weight is 1880 g/mol. The molecule has 0 aromatic heterocycles. The highest BCUT2D eigenvalue weighted by Gasteiger charge is 2.05. The van der Waals surface area contributed by atoms with Gasteiger partial charge < -0.3 is 0 Å². The molecule has 0 bridgehead atoms. The summed E-state index contributed by atoms with van der Waals surface area (Å²) in [6.45, 7) is 0. The van der Waals surface area contributed by atoms with Crippen LogP contribution in [-0.2, 0) is 0 Å². The lowest BCUT2D eigenvalue weighted by molar-refractivity contribution is 1.56. The molecule has 0 heterocycles. The van der Waals surface area contributed by atoms with Crippen molar-refractivity contribution in [2.45, 2.75) is 0 Å². The van der Waals surface area contributed by atoms with Crippen LogP contribution in [0.2, 0.25) is 0 Å². The third-order valence-electron chi connectivity index (χ3n) is 22.9. The van der Waals surface area contributed by atoms with Crippen molar-refractivity contribution in [1.82, 2.24) is 0 Å². The summed E-state index contributed by atoms with van der Waals surface area (Å²) in [5, 5.41) is 0. The van der Waals surface area contributed by atoms with Gasteiger partial charge in [0.2, 0.25) is 0 Å². The molecule has 0 aliphatic heterocycles. The molecule has 19 aromatic rings. The monoisotopic (exact) mass is 1880 g/mol. The maximum Gasteiger partial charge on any atom is 0.0249 e. The molecular formula is C150H78. The average Bonchev–Trinajstić information content (AvgIpc) is 0.879. The molecule has 0 nitrogen and oxygen atoms in total. The molecule has 150 heavy (non-hydrogen) atoms. The highest BCUT2D eigenvalue weighted by Crippen LogP contribution is 2.19. The van der Waals surface area contributed by atoms with Gasteiger partial charge in [-0.15, -0.1) is 0 Å². The van der Waals surface area contributed by atoms with Crippen LogP contribution in [0.3, 0.4) is 0 Å². The SMILES string of the molecule is C(#Cc1ccc(C#Cc2ccc(C#Cc3ccc(C#Cc4ccc(C#Cc5ccc(C#Cc6ccc(C#Cc7ccc(C#Cc8ccc(C#Cc9ccc(C#Cc%10ccc(C#Cc%11ccc(C#Cc%12ccc(C#Cc%13ccc(C#Cc%14ccc(C#Cc%15ccc(C#Cc%16ccc(C#Cc%17ccc(C#Cc%18ccccc%18)cc%17)cc%16)cc%15)cc%14)cc%13)cc%12)cc%11)cc%10)cc9)cc8)cc7)cc6)cc5)cc4)cc3)cc2)cc1)c1ccccc1. The molecule has 678 valence electrons. The highest BCUT2D eigenvalue weighted by molar-refractivity contribution is 5.62. The summed E-state index contributed by atoms with van der Waals surface area (Å²) in [6.07, 6.45) is 0. The minimum Gasteiger partial charge on any atom is -0.0622 e. The fraction of sp³-hybridized carbons (Fsp3) is 0. The smallest absolute Gasteiger partial charge is 0.0249 e. The minimum absolute atomic E-state index is 0.899. The van der Waals surface area contributed by atoms with Crippen LogP contribution < -0.4 is 0 Å². The van der Waals surface area contributed by atoms with Crippen molar-refractivity contribution in [2.75, 3.05) is 0 Å². The topological polar surface area (TPSA) is 0 Å². The van der Waals surface area contributed by atoms with E-state index in [4.69, 9.17) is 0 Å². The Kier molecular flexibility index (Phi) is 32.0. The molecule has 0 unspecified atom stereocenters. The van der Waals surface area contributed by atoms with E-state index in [9.17, 15) is 0 Å². The summed E-state index contributed by atoms with van der Waals surface area (Å²) in [5.41, 5.74) is 32.9. The first-order valence-corrected chi connectivity index (χ1v) is 48.3. The Morgan fingerprint density at radius 2 is 0.0867 bits per heavy atom. The molecule has 0 fully saturated rings. The van der Waals surface area contributed by atoms with Gasteiger partial charge in [-0.2, -0.15) is 0 Å². The summed E-state index contributed by atoms with van der Waals surface area (Å²) in [4.78, 5) is 0. The van der Waals surface area contributed by atoms with Gasteiger partial charge in [0.25, 0.3) is 0 Å². The Labute approximate surface area is 880 Å². The summed E-state index contributed by atoms with van der Waals surface area (Å²) < 4.78 is 0. The summed E-state index contributed by atoms with van der Waals surface area (Å²) in [5.74, 6) is 118. The number of hydrogen-bond acceptors (Lipinski definition) is 0. The molecule has 0 spiro atoms. The third-order valence-corrected chi connectivity index (χ3v) is 22.9. The molecule has 19 rings (SSSR count). The van der Waals surface area contributed by atoms with Crippen LogP contribution in [0, 0.1) is 213 Å². The van der Waals surface area contributed by atoms with Crippen molar-refractivity contribution in [2.24, 2.45) is 0 Å². The van der Waals surface area contributed by atoms with Gasteiger partial charge in [-0.05, 0) is 437 Å². The molecule has 0 aliphatic carbocycles. The standard InChI is InChI=1S/C150H78/c1-3-7-115(8-4-1)11-13-117-15-19-119(20-16-117)23-25-121-27-31-123(32-28-121)35-37-125-39-43-127(44-40-125)47-49-129-51-55-131(56-52-129)59-61-133-63-67-135(68-64-133)71-73-137-75-79-139(80-76-137)83-85-141-87-91-143(92-88-141)95-97-145-99-103-147(104-100-145)107-109-149-111-113-150(114-112-149)110-108-148-105-101-146(102-106-148)98-96-144-93-89-142(90-94-144)86-84-140-81-77-138(78-82-140)74-72-136-69-65-134(66-70-136)62-60-132-57-53-130(54-58-132)50-48-128-45-41-126(42-46-128)38-36-124-33-29-122(30-34-124)26-24-120-21-17-118(18-22-120)14-12-116-9-5-2-6-10-116/h1-10,15-22,27-34,39-46,51-58,63-70,75-82,87-94,99-106,111-114H. The Balaban J connectivity index is 0.364. The molecule has 0 heteroatoms. The van der Waals surface area contributed by atoms with E-state index in [-0.39, 0.29) is 0 Å². The zero-order chi connectivity index (χ0) is 101. The van der Waals surface area contributed by atoms with E-state index in [0.29, 0.717) is 0 Å². The van der Waals surface area contributed by atoms with Gasteiger partial charge in [0.15, 0.2) is 0 Å². The van der Waals surface area contributed by atoms with E-state index in [1.807, 2.05) is 473 Å². The first kappa shape index (κ1) is 96.1. The fourth-order valence-electron chi connectivity index (χ4n) is 14.5. The second-order valence-electron chi connectivity index (χ2n) is 34.0. The fourth-order valence-corrected chi connectivity index (χ4v) is 14.5. The highest BCUT2D eigenvalue weighted by atomic mass is 14.1. The van der Waals surface area contributed by atoms with Crippen LogP contribution in [0.1, 0.15) is 200 Å². The molecule has 0 radical (unpaired) electrons. The van der Waals surface area contributed by atoms with E-state index in [2.05, 4.69) is 213 Å². The van der Waals surface area contributed by atoms with Crippen molar-refractivity contribution in [3.8, 4) is 213 Å². The zero-order valence-electron chi connectivity index (χ0n) is 81.0. The van der Waals surface area contributed by atoms with Crippen LogP contribution in [-0.4, -0.2) is 0 Å². The van der Waals surface area contributed by atoms with Crippen molar-refractivity contribution >= 4 is 0 Å². The second kappa shape index (κ2) is 49.9. The van der Waals surface area contributed by atoms with E-state index in [0.717, 1.165) is 200 Å². The number of rotatable bonds is 0. The Morgan fingerprint density at radius 1 is 0.0467 bits per heavy atom. The maximum atomic E-state index is 3.28. The van der Waals surface area contributed by atoms with Crippen LogP contribution in [0.4, 0.5) is 0 Å². The van der Waals surface area contributed by atoms with Gasteiger partial charge in [-0.25, -0.2) is 0 Å². The van der Waals surface area contributed by atoms with Gasteiger partial charge in [0.1, 0.15) is 0 Å². The number of benzene rings is 19. The summed E-state index contributed by atoms with van der Waals surface area (Å²) in [7, 11) is 0. The Bertz CT molecular complexity index is 8510. The third kappa shape index (κ3) is 30.2. The zero-order valence-corrected chi connectivity index (χ0v) is 81.0. The first-order valence-electron chi connectivity index (χ1n) is 48.3. The van der Waals surface area contributed by atoms with Crippen LogP contribution in [0.15, 0.2) is 473 Å². The van der Waals surface area contributed by atoms with Crippen LogP contribution in [0.5, 0.6) is 0 Å². The quantitative estimate of drug-likeness (QED) is 0.133. The normalized spacial score (nSPS) is 9.44. The van der Waals surface area contributed by atoms with Crippen molar-refractivity contribution in [3.63, 3.8) is 0 Å². The van der Waals surface area contributed by atoms with E-state index in [1.54, 1.807) is 0 Å². The molecule has 0 N–H and O–H groups in total. The van der Waals surface area contributed by atoms with Gasteiger partial charge in [-0.1, -0.05) is 250 Å². The van der Waals surface area contributed by atoms with Gasteiger partial charge in [-0.3, -0.25) is 0 Å². The molecule has 0 saturated heterocycles. The Hall–Kier alpha value is -22.7. The van der Waals surface area contributed by atoms with Crippen LogP contribution >= 0.6 is 0 Å². The van der Waals surface area contributed by atoms with Crippen molar-refractivity contribution in [1.29, 1.82) is 0 Å². The second-order valence-corrected chi connectivity index (χ2v) is 34.0. The molecule has 0 aliphatic rings. The predicted molar refractivity (Wildman–Crippen MR) is 610 cm³/mol. The predicted octanol–water partition coefficient (Wildman–Crippen LogP) is 26.9.